The maximum Gasteiger partial charge on any atom is 0.331 e. The molecule has 1 atom stereocenters. The van der Waals surface area contributed by atoms with Gasteiger partial charge in [0.1, 0.15) is 10.1 Å². The molecular weight excluding hydrogens is 397 g/mol. The molecule has 0 radical (unpaired) electrons. The van der Waals surface area contributed by atoms with E-state index in [1.54, 1.807) is 6.08 Å². The number of thioether (sulfide) groups is 1. The molecule has 0 aromatic heterocycles. The van der Waals surface area contributed by atoms with Crippen LogP contribution in [0.2, 0.25) is 0 Å². The maximum absolute atomic E-state index is 13.2. The van der Waals surface area contributed by atoms with Crippen LogP contribution in [0.15, 0.2) is 71.2 Å². The van der Waals surface area contributed by atoms with E-state index in [4.69, 9.17) is 12.2 Å². The Morgan fingerprint density at radius 3 is 2.43 bits per heavy atom. The predicted molar refractivity (Wildman–Crippen MR) is 112 cm³/mol. The monoisotopic (exact) mass is 413 g/mol. The molecule has 1 saturated heterocycles. The van der Waals surface area contributed by atoms with E-state index in [1.165, 1.54) is 12.1 Å². The van der Waals surface area contributed by atoms with Crippen molar-refractivity contribution < 1.29 is 19.1 Å². The van der Waals surface area contributed by atoms with E-state index in [0.29, 0.717) is 4.91 Å². The molecule has 1 aliphatic rings. The number of carbonyl (C=O) groups is 2. The Hall–Kier alpha value is -2.77. The van der Waals surface area contributed by atoms with E-state index in [0.717, 1.165) is 39.9 Å². The van der Waals surface area contributed by atoms with Crippen molar-refractivity contribution in [3.05, 3.63) is 88.1 Å². The summed E-state index contributed by atoms with van der Waals surface area (Å²) in [5, 5.41) is 9.67. The van der Waals surface area contributed by atoms with Crippen LogP contribution in [0.5, 0.6) is 0 Å². The average molecular weight is 413 g/mol. The van der Waals surface area contributed by atoms with Crippen molar-refractivity contribution in [1.29, 1.82) is 0 Å². The molecule has 7 heteroatoms. The number of allylic oxidation sites excluding steroid dienone is 2. The SMILES string of the molecule is CC(/C=C1\SC(=S)N(C(C(=O)O)c2ccc(F)cc2)C1=O)=C\c1ccccc1. The van der Waals surface area contributed by atoms with Gasteiger partial charge in [0.15, 0.2) is 6.04 Å². The van der Waals surface area contributed by atoms with Gasteiger partial charge in [-0.25, -0.2) is 9.18 Å². The number of amides is 1. The minimum Gasteiger partial charge on any atom is -0.479 e. The fourth-order valence-corrected chi connectivity index (χ4v) is 4.17. The van der Waals surface area contributed by atoms with Crippen LogP contribution in [0, 0.1) is 5.82 Å². The molecule has 1 fully saturated rings. The fourth-order valence-electron chi connectivity index (χ4n) is 2.81. The lowest BCUT2D eigenvalue weighted by atomic mass is 10.1. The van der Waals surface area contributed by atoms with Gasteiger partial charge in [-0.1, -0.05) is 72.5 Å². The molecule has 3 rings (SSSR count). The van der Waals surface area contributed by atoms with Gasteiger partial charge in [0.25, 0.3) is 5.91 Å². The molecule has 0 bridgehead atoms. The molecule has 1 aliphatic heterocycles. The molecule has 1 heterocycles. The van der Waals surface area contributed by atoms with Crippen LogP contribution in [-0.4, -0.2) is 26.2 Å². The maximum atomic E-state index is 13.2. The number of thiocarbonyl (C=S) groups is 1. The number of benzene rings is 2. The van der Waals surface area contributed by atoms with E-state index in [-0.39, 0.29) is 9.88 Å². The predicted octanol–water partition coefficient (Wildman–Crippen LogP) is 4.80. The highest BCUT2D eigenvalue weighted by atomic mass is 32.2. The van der Waals surface area contributed by atoms with Crippen molar-refractivity contribution in [1.82, 2.24) is 4.90 Å². The molecule has 0 aliphatic carbocycles. The summed E-state index contributed by atoms with van der Waals surface area (Å²) >= 11 is 6.32. The minimum atomic E-state index is -1.31. The summed E-state index contributed by atoms with van der Waals surface area (Å²) in [7, 11) is 0. The molecule has 1 amide bonds. The zero-order chi connectivity index (χ0) is 20.3. The zero-order valence-electron chi connectivity index (χ0n) is 14.8. The highest BCUT2D eigenvalue weighted by Gasteiger charge is 2.41. The molecule has 0 spiro atoms. The van der Waals surface area contributed by atoms with Crippen LogP contribution in [0.3, 0.4) is 0 Å². The number of nitrogens with zero attached hydrogens (tertiary/aromatic N) is 1. The smallest absolute Gasteiger partial charge is 0.331 e. The number of aliphatic carboxylic acids is 1. The summed E-state index contributed by atoms with van der Waals surface area (Å²) in [4.78, 5) is 26.1. The Labute approximate surface area is 171 Å². The molecule has 2 aromatic carbocycles. The first-order valence-electron chi connectivity index (χ1n) is 8.35. The lowest BCUT2D eigenvalue weighted by Crippen LogP contribution is -2.37. The molecule has 28 heavy (non-hydrogen) atoms. The van der Waals surface area contributed by atoms with Gasteiger partial charge in [-0.15, -0.1) is 0 Å². The molecule has 1 unspecified atom stereocenters. The van der Waals surface area contributed by atoms with E-state index in [1.807, 2.05) is 43.3 Å². The number of carbonyl (C=O) groups excluding carboxylic acids is 1. The van der Waals surface area contributed by atoms with Crippen molar-refractivity contribution in [2.45, 2.75) is 13.0 Å². The summed E-state index contributed by atoms with van der Waals surface area (Å²) < 4.78 is 13.3. The highest BCUT2D eigenvalue weighted by molar-refractivity contribution is 8.26. The lowest BCUT2D eigenvalue weighted by Gasteiger charge is -2.23. The fraction of sp³-hybridized carbons (Fsp3) is 0.0952. The first-order chi connectivity index (χ1) is 13.4. The van der Waals surface area contributed by atoms with Gasteiger partial charge >= 0.3 is 5.97 Å². The third-order valence-corrected chi connectivity index (χ3v) is 5.38. The van der Waals surface area contributed by atoms with Crippen LogP contribution in [0.1, 0.15) is 24.1 Å². The first kappa shape index (κ1) is 20.0. The van der Waals surface area contributed by atoms with E-state index in [9.17, 15) is 19.1 Å². The van der Waals surface area contributed by atoms with Gasteiger partial charge in [0, 0.05) is 0 Å². The third kappa shape index (κ3) is 4.37. The molecule has 2 aromatic rings. The quantitative estimate of drug-likeness (QED) is 0.564. The van der Waals surface area contributed by atoms with Gasteiger partial charge in [0.05, 0.1) is 4.91 Å². The topological polar surface area (TPSA) is 57.6 Å². The summed E-state index contributed by atoms with van der Waals surface area (Å²) in [6, 6.07) is 13.3. The third-order valence-electron chi connectivity index (χ3n) is 4.05. The van der Waals surface area contributed by atoms with Crippen molar-refractivity contribution in [2.24, 2.45) is 0 Å². The summed E-state index contributed by atoms with van der Waals surface area (Å²) in [6.07, 6.45) is 3.61. The molecule has 4 nitrogen and oxygen atoms in total. The van der Waals surface area contributed by atoms with Gasteiger partial charge in [0.2, 0.25) is 0 Å². The summed E-state index contributed by atoms with van der Waals surface area (Å²) in [5.74, 6) is -2.20. The number of hydrogen-bond donors (Lipinski definition) is 1. The van der Waals surface area contributed by atoms with Crippen molar-refractivity contribution in [3.63, 3.8) is 0 Å². The molecular formula is C21H16FNO3S2. The normalized spacial score (nSPS) is 17.3. The van der Waals surface area contributed by atoms with Gasteiger partial charge in [-0.05, 0) is 41.8 Å². The molecule has 142 valence electrons. The minimum absolute atomic E-state index is 0.153. The van der Waals surface area contributed by atoms with Gasteiger partial charge in [-0.3, -0.25) is 9.69 Å². The number of hydrogen-bond acceptors (Lipinski definition) is 4. The van der Waals surface area contributed by atoms with E-state index in [2.05, 4.69) is 0 Å². The number of rotatable bonds is 5. The number of halogens is 1. The van der Waals surface area contributed by atoms with Crippen LogP contribution < -0.4 is 0 Å². The van der Waals surface area contributed by atoms with Crippen LogP contribution in [0.25, 0.3) is 6.08 Å². The van der Waals surface area contributed by atoms with Crippen LogP contribution in [-0.2, 0) is 9.59 Å². The Morgan fingerprint density at radius 2 is 1.82 bits per heavy atom. The second-order valence-electron chi connectivity index (χ2n) is 6.14. The largest absolute Gasteiger partial charge is 0.479 e. The summed E-state index contributed by atoms with van der Waals surface area (Å²) in [5.41, 5.74) is 2.10. The standard InChI is InChI=1S/C21H16FNO3S2/c1-13(11-14-5-3-2-4-6-14)12-17-19(24)23(21(27)28-17)18(20(25)26)15-7-9-16(22)10-8-15/h2-12,18H,1H3,(H,25,26)/b13-11+,17-12-. The van der Waals surface area contributed by atoms with Crippen molar-refractivity contribution >= 4 is 46.3 Å². The first-order valence-corrected chi connectivity index (χ1v) is 9.58. The van der Waals surface area contributed by atoms with Crippen LogP contribution in [0.4, 0.5) is 4.39 Å². The Kier molecular flexibility index (Phi) is 6.06. The van der Waals surface area contributed by atoms with Gasteiger partial charge in [-0.2, -0.15) is 0 Å². The summed E-state index contributed by atoms with van der Waals surface area (Å²) in [6.45, 7) is 1.86. The Balaban J connectivity index is 1.90. The number of carboxylic acid groups (broad SMARTS) is 1. The lowest BCUT2D eigenvalue weighted by molar-refractivity contribution is -0.145. The zero-order valence-corrected chi connectivity index (χ0v) is 16.5. The molecule has 0 saturated carbocycles. The van der Waals surface area contributed by atoms with Crippen molar-refractivity contribution in [3.8, 4) is 0 Å². The Morgan fingerprint density at radius 1 is 1.18 bits per heavy atom. The Bertz CT molecular complexity index is 984. The average Bonchev–Trinajstić information content (AvgIpc) is 2.91. The number of carboxylic acids is 1. The van der Waals surface area contributed by atoms with Gasteiger partial charge < -0.3 is 5.11 Å². The molecule has 1 N–H and O–H groups in total. The van der Waals surface area contributed by atoms with Crippen LogP contribution >= 0.6 is 24.0 Å². The van der Waals surface area contributed by atoms with Crippen molar-refractivity contribution in [2.75, 3.05) is 0 Å². The highest BCUT2D eigenvalue weighted by Crippen LogP contribution is 2.38. The van der Waals surface area contributed by atoms with E-state index < -0.39 is 23.7 Å². The second-order valence-corrected chi connectivity index (χ2v) is 7.82. The van der Waals surface area contributed by atoms with E-state index >= 15 is 0 Å². The second kappa shape index (κ2) is 8.50.